The highest BCUT2D eigenvalue weighted by Gasteiger charge is 2.64. The predicted octanol–water partition coefficient (Wildman–Crippen LogP) is 2.20. The number of esters is 1. The monoisotopic (exact) mass is 426 g/mol. The van der Waals surface area contributed by atoms with Gasteiger partial charge >= 0.3 is 24.4 Å². The summed E-state index contributed by atoms with van der Waals surface area (Å²) in [5, 5.41) is 0. The smallest absolute Gasteiger partial charge is 0.455 e. The van der Waals surface area contributed by atoms with Gasteiger partial charge in [-0.3, -0.25) is 0 Å². The molecular weight excluding hydrogens is 404 g/mol. The second kappa shape index (κ2) is 10.3. The topological polar surface area (TPSA) is 133 Å². The molecule has 1 unspecified atom stereocenters. The van der Waals surface area contributed by atoms with Gasteiger partial charge in [0.25, 0.3) is 0 Å². The number of hydrogen-bond acceptors (Lipinski definition) is 11. The Labute approximate surface area is 172 Å². The molecule has 164 valence electrons. The lowest BCUT2D eigenvalue weighted by Crippen LogP contribution is -2.53. The molecule has 0 aromatic rings. The minimum Gasteiger partial charge on any atom is -0.455 e. The molecular formula is C19H22O11. The first-order valence-corrected chi connectivity index (χ1v) is 8.91. The molecule has 11 heteroatoms. The van der Waals surface area contributed by atoms with Crippen LogP contribution < -0.4 is 0 Å². The van der Waals surface area contributed by atoms with E-state index in [0.29, 0.717) is 0 Å². The summed E-state index contributed by atoms with van der Waals surface area (Å²) in [7, 11) is 0. The van der Waals surface area contributed by atoms with E-state index in [2.05, 4.69) is 19.7 Å². The van der Waals surface area contributed by atoms with E-state index in [4.69, 9.17) is 33.2 Å². The second-order valence-corrected chi connectivity index (χ2v) is 6.24. The molecule has 0 spiro atoms. The lowest BCUT2D eigenvalue weighted by molar-refractivity contribution is -0.156. The van der Waals surface area contributed by atoms with E-state index in [1.165, 1.54) is 18.2 Å². The number of rotatable bonds is 9. The average Bonchev–Trinajstić information content (AvgIpc) is 2.97. The molecule has 0 amide bonds. The Morgan fingerprint density at radius 1 is 0.900 bits per heavy atom. The van der Waals surface area contributed by atoms with Crippen molar-refractivity contribution in [2.24, 2.45) is 0 Å². The summed E-state index contributed by atoms with van der Waals surface area (Å²) in [5.74, 6) is -0.887. The predicted molar refractivity (Wildman–Crippen MR) is 97.3 cm³/mol. The standard InChI is InChI=1S/C19H22O11/c1-4-7-24-16(21)28-13-11-19(30-18(23)26-9-6-3)10-12(27-15(19)20)14(13)29-17(22)25-8-5-2/h4-6,12-14H,1-3,7-11H2/t12?,13-,14+,19-/m1/s1. The van der Waals surface area contributed by atoms with E-state index in [1.807, 2.05) is 0 Å². The normalized spacial score (nSPS) is 26.4. The number of fused-ring (bicyclic) bond motifs is 2. The van der Waals surface area contributed by atoms with Crippen molar-refractivity contribution < 1.29 is 52.3 Å². The number of ether oxygens (including phenoxy) is 7. The number of carbonyl (C=O) groups is 4. The molecule has 4 atom stereocenters. The van der Waals surface area contributed by atoms with Crippen LogP contribution in [0.5, 0.6) is 0 Å². The van der Waals surface area contributed by atoms with Crippen molar-refractivity contribution >= 4 is 24.4 Å². The third kappa shape index (κ3) is 5.52. The first-order chi connectivity index (χ1) is 14.3. The van der Waals surface area contributed by atoms with E-state index in [0.717, 1.165) is 0 Å². The number of hydrogen-bond donors (Lipinski definition) is 0. The van der Waals surface area contributed by atoms with Crippen LogP contribution in [0.2, 0.25) is 0 Å². The van der Waals surface area contributed by atoms with Crippen LogP contribution in [0.4, 0.5) is 14.4 Å². The Hall–Kier alpha value is -3.50. The molecule has 30 heavy (non-hydrogen) atoms. The molecule has 0 N–H and O–H groups in total. The van der Waals surface area contributed by atoms with Crippen molar-refractivity contribution in [2.45, 2.75) is 36.8 Å². The molecule has 2 rings (SSSR count). The zero-order valence-corrected chi connectivity index (χ0v) is 16.1. The van der Waals surface area contributed by atoms with Gasteiger partial charge < -0.3 is 33.2 Å². The fourth-order valence-corrected chi connectivity index (χ4v) is 2.98. The van der Waals surface area contributed by atoms with Gasteiger partial charge in [0.05, 0.1) is 0 Å². The molecule has 1 saturated heterocycles. The van der Waals surface area contributed by atoms with Gasteiger partial charge in [-0.15, -0.1) is 0 Å². The van der Waals surface area contributed by atoms with Crippen LogP contribution in [0.3, 0.4) is 0 Å². The van der Waals surface area contributed by atoms with Crippen molar-refractivity contribution in [1.29, 1.82) is 0 Å². The van der Waals surface area contributed by atoms with Gasteiger partial charge in [0.1, 0.15) is 25.9 Å². The van der Waals surface area contributed by atoms with Crippen LogP contribution in [0.15, 0.2) is 38.0 Å². The van der Waals surface area contributed by atoms with Gasteiger partial charge in [0.2, 0.25) is 5.60 Å². The van der Waals surface area contributed by atoms with Crippen molar-refractivity contribution in [1.82, 2.24) is 0 Å². The van der Waals surface area contributed by atoms with Gasteiger partial charge in [-0.25, -0.2) is 19.2 Å². The van der Waals surface area contributed by atoms with E-state index in [9.17, 15) is 19.2 Å². The average molecular weight is 426 g/mol. The molecule has 2 fully saturated rings. The maximum Gasteiger partial charge on any atom is 0.509 e. The molecule has 0 aromatic carbocycles. The lowest BCUT2D eigenvalue weighted by atomic mass is 9.82. The summed E-state index contributed by atoms with van der Waals surface area (Å²) >= 11 is 0. The maximum atomic E-state index is 12.4. The quantitative estimate of drug-likeness (QED) is 0.305. The van der Waals surface area contributed by atoms with Crippen molar-refractivity contribution in [2.75, 3.05) is 19.8 Å². The Kier molecular flexibility index (Phi) is 7.84. The third-order valence-electron chi connectivity index (χ3n) is 4.14. The maximum absolute atomic E-state index is 12.4. The van der Waals surface area contributed by atoms with Gasteiger partial charge in [0.15, 0.2) is 12.2 Å². The van der Waals surface area contributed by atoms with Crippen molar-refractivity contribution in [3.8, 4) is 0 Å². The largest absolute Gasteiger partial charge is 0.509 e. The Morgan fingerprint density at radius 2 is 1.43 bits per heavy atom. The highest BCUT2D eigenvalue weighted by molar-refractivity contribution is 5.85. The van der Waals surface area contributed by atoms with Crippen molar-refractivity contribution in [3.63, 3.8) is 0 Å². The first kappa shape index (κ1) is 22.8. The van der Waals surface area contributed by atoms with Gasteiger partial charge in [-0.05, 0) is 0 Å². The fourth-order valence-electron chi connectivity index (χ4n) is 2.98. The molecule has 2 aliphatic rings. The van der Waals surface area contributed by atoms with Crippen LogP contribution in [0, 0.1) is 0 Å². The SMILES string of the molecule is C=CCOC(=O)O[C@@H]1C[C@]2(OC(=O)OCC=C)CC(OC2=O)[C@@H]1OC(=O)OCC=C. The Balaban J connectivity index is 2.19. The summed E-state index contributed by atoms with van der Waals surface area (Å²) in [6, 6.07) is 0. The molecule has 1 aliphatic heterocycles. The van der Waals surface area contributed by atoms with E-state index < -0.39 is 48.3 Å². The van der Waals surface area contributed by atoms with Crippen LogP contribution in [-0.2, 0) is 38.0 Å². The van der Waals surface area contributed by atoms with E-state index in [-0.39, 0.29) is 32.7 Å². The van der Waals surface area contributed by atoms with Gasteiger partial charge in [-0.2, -0.15) is 0 Å². The van der Waals surface area contributed by atoms with Crippen LogP contribution in [0.1, 0.15) is 12.8 Å². The minimum atomic E-state index is -1.78. The fraction of sp³-hybridized carbons (Fsp3) is 0.474. The van der Waals surface area contributed by atoms with Gasteiger partial charge in [-0.1, -0.05) is 38.0 Å². The first-order valence-electron chi connectivity index (χ1n) is 8.91. The van der Waals surface area contributed by atoms with Crippen LogP contribution in [-0.4, -0.2) is 68.2 Å². The molecule has 1 heterocycles. The van der Waals surface area contributed by atoms with Crippen molar-refractivity contribution in [3.05, 3.63) is 38.0 Å². The summed E-state index contributed by atoms with van der Waals surface area (Å²) in [6.07, 6.45) is -3.38. The van der Waals surface area contributed by atoms with Crippen LogP contribution >= 0.6 is 0 Å². The summed E-state index contributed by atoms with van der Waals surface area (Å²) in [5.41, 5.74) is -1.78. The highest BCUT2D eigenvalue weighted by atomic mass is 16.8. The van der Waals surface area contributed by atoms with E-state index in [1.54, 1.807) is 0 Å². The Morgan fingerprint density at radius 3 is 2.00 bits per heavy atom. The van der Waals surface area contributed by atoms with Gasteiger partial charge in [0, 0.05) is 12.8 Å². The molecule has 1 aliphatic carbocycles. The molecule has 0 aromatic heterocycles. The molecule has 1 saturated carbocycles. The molecule has 0 radical (unpaired) electrons. The summed E-state index contributed by atoms with van der Waals surface area (Å²) in [4.78, 5) is 48.1. The second-order valence-electron chi connectivity index (χ2n) is 6.24. The summed E-state index contributed by atoms with van der Waals surface area (Å²) < 4.78 is 35.0. The molecule has 2 bridgehead atoms. The molecule has 11 nitrogen and oxygen atoms in total. The summed E-state index contributed by atoms with van der Waals surface area (Å²) in [6.45, 7) is 9.82. The zero-order valence-electron chi connectivity index (χ0n) is 16.1. The van der Waals surface area contributed by atoms with Crippen LogP contribution in [0.25, 0.3) is 0 Å². The number of carbonyl (C=O) groups excluding carboxylic acids is 4. The van der Waals surface area contributed by atoms with E-state index >= 15 is 0 Å². The third-order valence-corrected chi connectivity index (χ3v) is 4.14. The Bertz CT molecular complexity index is 715. The lowest BCUT2D eigenvalue weighted by Gasteiger charge is -2.36. The highest BCUT2D eigenvalue weighted by Crippen LogP contribution is 2.43. The minimum absolute atomic E-state index is 0.120. The zero-order chi connectivity index (χ0) is 22.1.